The van der Waals surface area contributed by atoms with Gasteiger partial charge in [0, 0.05) is 28.7 Å². The number of thioether (sulfide) groups is 1. The quantitative estimate of drug-likeness (QED) is 0.590. The number of anilines is 1. The lowest BCUT2D eigenvalue weighted by Crippen LogP contribution is -2.27. The maximum atomic E-state index is 11.9. The van der Waals surface area contributed by atoms with Crippen LogP contribution in [0.2, 0.25) is 0 Å². The molecule has 1 heterocycles. The van der Waals surface area contributed by atoms with Crippen LogP contribution in [0.5, 0.6) is 0 Å². The number of pyridine rings is 1. The Morgan fingerprint density at radius 1 is 1.39 bits per heavy atom. The zero-order valence-corrected chi connectivity index (χ0v) is 13.9. The number of nitrogens with zero attached hydrogens (tertiary/aromatic N) is 1. The second-order valence-corrected chi connectivity index (χ2v) is 5.98. The normalized spacial score (nSPS) is 11.7. The number of rotatable bonds is 8. The van der Waals surface area contributed by atoms with Crippen molar-refractivity contribution in [1.82, 2.24) is 4.98 Å². The first-order valence-electron chi connectivity index (χ1n) is 7.34. The second kappa shape index (κ2) is 9.12. The number of nitrogens with one attached hydrogen (secondary N) is 1. The highest BCUT2D eigenvalue weighted by Crippen LogP contribution is 2.24. The van der Waals surface area contributed by atoms with E-state index < -0.39 is 6.10 Å². The lowest BCUT2D eigenvalue weighted by Gasteiger charge is -2.12. The molecule has 2 rings (SSSR count). The summed E-state index contributed by atoms with van der Waals surface area (Å²) in [6, 6.07) is 11.8. The molecule has 0 aliphatic carbocycles. The van der Waals surface area contributed by atoms with Gasteiger partial charge in [-0.05, 0) is 42.8 Å². The minimum Gasteiger partial charge on any atom is -0.365 e. The predicted molar refractivity (Wildman–Crippen MR) is 94.5 cm³/mol. The molecule has 0 bridgehead atoms. The molecule has 5 heteroatoms. The summed E-state index contributed by atoms with van der Waals surface area (Å²) in [7, 11) is 0. The summed E-state index contributed by atoms with van der Waals surface area (Å²) in [5, 5.41) is 2.83. The van der Waals surface area contributed by atoms with E-state index in [-0.39, 0.29) is 5.91 Å². The van der Waals surface area contributed by atoms with Crippen LogP contribution in [0.25, 0.3) is 0 Å². The van der Waals surface area contributed by atoms with E-state index in [2.05, 4.69) is 22.9 Å². The van der Waals surface area contributed by atoms with Gasteiger partial charge in [-0.15, -0.1) is 18.3 Å². The number of aromatic nitrogens is 1. The summed E-state index contributed by atoms with van der Waals surface area (Å²) in [4.78, 5) is 17.2. The first-order chi connectivity index (χ1) is 11.2. The van der Waals surface area contributed by atoms with Crippen LogP contribution >= 0.6 is 11.8 Å². The van der Waals surface area contributed by atoms with Crippen LogP contribution in [0.4, 0.5) is 5.69 Å². The predicted octanol–water partition coefficient (Wildman–Crippen LogP) is 3.90. The van der Waals surface area contributed by atoms with Crippen LogP contribution in [0.15, 0.2) is 66.3 Å². The number of carbonyl (C=O) groups excluding carboxylic acids is 1. The number of carbonyl (C=O) groups is 1. The molecule has 0 saturated carbocycles. The van der Waals surface area contributed by atoms with Crippen molar-refractivity contribution >= 4 is 23.4 Å². The Labute approximate surface area is 141 Å². The van der Waals surface area contributed by atoms with Crippen LogP contribution in [0.1, 0.15) is 12.5 Å². The minimum absolute atomic E-state index is 0.164. The maximum Gasteiger partial charge on any atom is 0.253 e. The third-order valence-corrected chi connectivity index (χ3v) is 4.17. The Morgan fingerprint density at radius 3 is 2.83 bits per heavy atom. The Hall–Kier alpha value is -2.11. The molecule has 4 nitrogen and oxygen atoms in total. The van der Waals surface area contributed by atoms with E-state index in [4.69, 9.17) is 4.74 Å². The van der Waals surface area contributed by atoms with Gasteiger partial charge in [0.15, 0.2) is 0 Å². The molecule has 2 aromatic rings. The van der Waals surface area contributed by atoms with Gasteiger partial charge in [-0.3, -0.25) is 9.78 Å². The highest BCUT2D eigenvalue weighted by atomic mass is 32.2. The van der Waals surface area contributed by atoms with Crippen molar-refractivity contribution in [2.24, 2.45) is 0 Å². The van der Waals surface area contributed by atoms with Crippen LogP contribution in [0, 0.1) is 0 Å². The topological polar surface area (TPSA) is 51.2 Å². The van der Waals surface area contributed by atoms with E-state index >= 15 is 0 Å². The number of hydrogen-bond donors (Lipinski definition) is 1. The van der Waals surface area contributed by atoms with Gasteiger partial charge < -0.3 is 10.1 Å². The molecule has 0 saturated heterocycles. The molecule has 1 aromatic carbocycles. The lowest BCUT2D eigenvalue weighted by molar-refractivity contribution is -0.125. The Morgan fingerprint density at radius 2 is 2.17 bits per heavy atom. The van der Waals surface area contributed by atoms with Gasteiger partial charge in [0.2, 0.25) is 0 Å². The van der Waals surface area contributed by atoms with E-state index in [1.165, 1.54) is 5.56 Å². The molecule has 1 atom stereocenters. The van der Waals surface area contributed by atoms with Gasteiger partial charge in [0.05, 0.1) is 6.61 Å². The van der Waals surface area contributed by atoms with E-state index in [0.717, 1.165) is 16.3 Å². The fourth-order valence-corrected chi connectivity index (χ4v) is 2.65. The van der Waals surface area contributed by atoms with Gasteiger partial charge in [0.1, 0.15) is 6.10 Å². The first-order valence-corrected chi connectivity index (χ1v) is 8.32. The number of hydrogen-bond acceptors (Lipinski definition) is 4. The zero-order valence-electron chi connectivity index (χ0n) is 13.1. The number of amides is 1. The Balaban J connectivity index is 1.84. The van der Waals surface area contributed by atoms with Crippen molar-refractivity contribution in [3.8, 4) is 0 Å². The highest BCUT2D eigenvalue weighted by Gasteiger charge is 2.12. The summed E-state index contributed by atoms with van der Waals surface area (Å²) < 4.78 is 5.30. The molecule has 0 aliphatic heterocycles. The smallest absolute Gasteiger partial charge is 0.253 e. The van der Waals surface area contributed by atoms with Gasteiger partial charge >= 0.3 is 0 Å². The summed E-state index contributed by atoms with van der Waals surface area (Å²) in [6.07, 6.45) is 4.75. The summed E-state index contributed by atoms with van der Waals surface area (Å²) >= 11 is 1.73. The van der Waals surface area contributed by atoms with Crippen LogP contribution in [-0.2, 0) is 15.3 Å². The lowest BCUT2D eigenvalue weighted by atomic mass is 10.3. The molecular weight excluding hydrogens is 308 g/mol. The molecule has 0 fully saturated rings. The van der Waals surface area contributed by atoms with E-state index in [0.29, 0.717) is 6.61 Å². The molecule has 23 heavy (non-hydrogen) atoms. The largest absolute Gasteiger partial charge is 0.365 e. The Bertz CT molecular complexity index is 629. The zero-order chi connectivity index (χ0) is 16.5. The molecule has 0 spiro atoms. The van der Waals surface area contributed by atoms with Crippen molar-refractivity contribution in [1.29, 1.82) is 0 Å². The van der Waals surface area contributed by atoms with Crippen molar-refractivity contribution in [3.63, 3.8) is 0 Å². The third-order valence-electron chi connectivity index (χ3n) is 3.08. The molecule has 0 unspecified atom stereocenters. The SMILES string of the molecule is C=CCO[C@H](C)C(=O)Nc1ccc(SCc2cccnc2)cc1. The Kier molecular flexibility index (Phi) is 6.84. The third kappa shape index (κ3) is 5.88. The van der Waals surface area contributed by atoms with E-state index in [1.54, 1.807) is 31.0 Å². The summed E-state index contributed by atoms with van der Waals surface area (Å²) in [6.45, 7) is 5.64. The van der Waals surface area contributed by atoms with Crippen LogP contribution < -0.4 is 5.32 Å². The highest BCUT2D eigenvalue weighted by molar-refractivity contribution is 7.98. The fourth-order valence-electron chi connectivity index (χ4n) is 1.82. The average Bonchev–Trinajstić information content (AvgIpc) is 2.60. The van der Waals surface area contributed by atoms with E-state index in [1.807, 2.05) is 36.5 Å². The molecule has 0 aliphatic rings. The molecule has 1 amide bonds. The van der Waals surface area contributed by atoms with Gasteiger partial charge in [-0.2, -0.15) is 0 Å². The number of ether oxygens (including phenoxy) is 1. The van der Waals surface area contributed by atoms with E-state index in [9.17, 15) is 4.79 Å². The van der Waals surface area contributed by atoms with Gasteiger partial charge in [-0.1, -0.05) is 12.1 Å². The maximum absolute atomic E-state index is 11.9. The molecule has 1 aromatic heterocycles. The van der Waals surface area contributed by atoms with Crippen molar-refractivity contribution in [3.05, 3.63) is 67.0 Å². The number of benzene rings is 1. The van der Waals surface area contributed by atoms with Crippen molar-refractivity contribution < 1.29 is 9.53 Å². The average molecular weight is 328 g/mol. The second-order valence-electron chi connectivity index (χ2n) is 4.93. The fraction of sp³-hybridized carbons (Fsp3) is 0.222. The summed E-state index contributed by atoms with van der Waals surface area (Å²) in [5.41, 5.74) is 1.94. The van der Waals surface area contributed by atoms with Crippen LogP contribution in [-0.4, -0.2) is 23.6 Å². The van der Waals surface area contributed by atoms with Crippen LogP contribution in [0.3, 0.4) is 0 Å². The molecule has 0 radical (unpaired) electrons. The monoisotopic (exact) mass is 328 g/mol. The van der Waals surface area contributed by atoms with Crippen molar-refractivity contribution in [2.75, 3.05) is 11.9 Å². The minimum atomic E-state index is -0.507. The molecule has 120 valence electrons. The molecular formula is C18H20N2O2S. The summed E-state index contributed by atoms with van der Waals surface area (Å²) in [5.74, 6) is 0.703. The van der Waals surface area contributed by atoms with Gasteiger partial charge in [-0.25, -0.2) is 0 Å². The standard InChI is InChI=1S/C18H20N2O2S/c1-3-11-22-14(2)18(21)20-16-6-8-17(9-7-16)23-13-15-5-4-10-19-12-15/h3-10,12,14H,1,11,13H2,2H3,(H,20,21)/t14-/m1/s1. The van der Waals surface area contributed by atoms with Gasteiger partial charge in [0.25, 0.3) is 5.91 Å². The molecule has 1 N–H and O–H groups in total. The first kappa shape index (κ1) is 17.2. The van der Waals surface area contributed by atoms with Crippen molar-refractivity contribution in [2.45, 2.75) is 23.7 Å².